The Morgan fingerprint density at radius 1 is 0.655 bits per heavy atom. The van der Waals surface area contributed by atoms with E-state index in [0.29, 0.717) is 6.42 Å². The van der Waals surface area contributed by atoms with E-state index in [2.05, 4.69) is 6.92 Å². The van der Waals surface area contributed by atoms with Crippen molar-refractivity contribution in [1.82, 2.24) is 0 Å². The van der Waals surface area contributed by atoms with Crippen LogP contribution in [0.25, 0.3) is 0 Å². The van der Waals surface area contributed by atoms with Crippen LogP contribution in [-0.4, -0.2) is 36.0 Å². The third kappa shape index (κ3) is 15.4. The van der Waals surface area contributed by atoms with Crippen molar-refractivity contribution in [3.05, 3.63) is 29.8 Å². The molecule has 1 aromatic rings. The number of hydrogen-bond donors (Lipinski definition) is 1. The minimum absolute atomic E-state index is 0. The molecule has 29 heavy (non-hydrogen) atoms. The Bertz CT molecular complexity index is 602. The quantitative estimate of drug-likeness (QED) is 0.156. The molecule has 1 N–H and O–H groups in total. The molecule has 5 heteroatoms. The van der Waals surface area contributed by atoms with Crippen LogP contribution < -0.4 is 0 Å². The molecule has 0 heterocycles. The van der Waals surface area contributed by atoms with Crippen molar-refractivity contribution >= 4 is 33.2 Å². The van der Waals surface area contributed by atoms with Crippen LogP contribution in [0.2, 0.25) is 0 Å². The fourth-order valence-corrected chi connectivity index (χ4v) is 4.58. The van der Waals surface area contributed by atoms with Gasteiger partial charge in [-0.1, -0.05) is 121 Å². The largest absolute Gasteiger partial charge is 0.316 e. The molecule has 0 aliphatic rings. The van der Waals surface area contributed by atoms with Crippen LogP contribution in [0, 0.1) is 0 Å². The fourth-order valence-electron chi connectivity index (χ4n) is 3.83. The molecule has 0 radical (unpaired) electrons. The second-order valence-electron chi connectivity index (χ2n) is 8.14. The van der Waals surface area contributed by atoms with Crippen molar-refractivity contribution in [1.29, 1.82) is 0 Å². The molecule has 0 aliphatic carbocycles. The summed E-state index contributed by atoms with van der Waals surface area (Å²) in [6.45, 7) is 2.27. The summed E-state index contributed by atoms with van der Waals surface area (Å²) < 4.78 is 32.0. The Hall–Kier alpha value is -0.104. The Morgan fingerprint density at radius 2 is 1.03 bits per heavy atom. The summed E-state index contributed by atoms with van der Waals surface area (Å²) in [7, 11) is -4.11. The highest BCUT2D eigenvalue weighted by molar-refractivity contribution is 7.85. The highest BCUT2D eigenvalue weighted by Crippen LogP contribution is 2.19. The molecule has 0 aromatic heterocycles. The maximum Gasteiger partial charge on any atom is 0.316 e. The molecular weight excluding hydrogens is 393 g/mol. The molecule has 0 unspecified atom stereocenters. The summed E-state index contributed by atoms with van der Waals surface area (Å²) in [5.74, 6) is 0. The highest BCUT2D eigenvalue weighted by Gasteiger charge is 2.13. The molecule has 166 valence electrons. The van der Waals surface area contributed by atoms with E-state index in [1.54, 1.807) is 12.1 Å². The van der Waals surface area contributed by atoms with Crippen molar-refractivity contribution in [2.75, 3.05) is 0 Å². The standard InChI is InChI=1S/C24H42O3S.Mg.2H/c1-2-3-4-5-6-7-8-9-10-11-12-13-14-15-16-17-20-23-21-18-19-22-24(23)28(25,26)27;;;/h18-19,21-22H,2-17,20H2,1H3,(H,25,26,27);;;. The molecule has 1 aromatic carbocycles. The smallest absolute Gasteiger partial charge is 0.282 e. The number of rotatable bonds is 18. The minimum Gasteiger partial charge on any atom is -0.282 e. The van der Waals surface area contributed by atoms with Gasteiger partial charge in [0.05, 0.1) is 4.90 Å². The first-order valence-corrected chi connectivity index (χ1v) is 13.0. The van der Waals surface area contributed by atoms with Gasteiger partial charge in [0.1, 0.15) is 0 Å². The van der Waals surface area contributed by atoms with Crippen molar-refractivity contribution in [2.24, 2.45) is 0 Å². The van der Waals surface area contributed by atoms with E-state index in [1.165, 1.54) is 96.0 Å². The van der Waals surface area contributed by atoms with Gasteiger partial charge in [0.2, 0.25) is 0 Å². The van der Waals surface area contributed by atoms with Gasteiger partial charge in [-0.05, 0) is 24.5 Å². The van der Waals surface area contributed by atoms with Crippen LogP contribution >= 0.6 is 0 Å². The fraction of sp³-hybridized carbons (Fsp3) is 0.750. The second kappa shape index (κ2) is 18.6. The molecule has 0 bridgehead atoms. The lowest BCUT2D eigenvalue weighted by molar-refractivity contribution is 0.481. The van der Waals surface area contributed by atoms with Crippen LogP contribution in [-0.2, 0) is 16.5 Å². The van der Waals surface area contributed by atoms with Gasteiger partial charge in [0.15, 0.2) is 0 Å². The zero-order chi connectivity index (χ0) is 20.5. The van der Waals surface area contributed by atoms with Gasteiger partial charge < -0.3 is 0 Å². The van der Waals surface area contributed by atoms with E-state index in [1.807, 2.05) is 6.07 Å². The Balaban J connectivity index is 0.00000784. The summed E-state index contributed by atoms with van der Waals surface area (Å²) in [4.78, 5) is 0.0657. The molecular formula is C24H44MgO3S. The summed E-state index contributed by atoms with van der Waals surface area (Å²) in [5, 5.41) is 0. The molecule has 0 amide bonds. The minimum atomic E-state index is -4.11. The SMILES string of the molecule is CCCCCCCCCCCCCCCCCCc1ccccc1S(=O)(=O)O.[MgH2]. The third-order valence-electron chi connectivity index (χ3n) is 5.55. The van der Waals surface area contributed by atoms with Crippen LogP contribution in [0.5, 0.6) is 0 Å². The maximum absolute atomic E-state index is 11.4. The average Bonchev–Trinajstić information content (AvgIpc) is 2.67. The summed E-state index contributed by atoms with van der Waals surface area (Å²) in [5.41, 5.74) is 0.732. The topological polar surface area (TPSA) is 54.4 Å². The average molecular weight is 437 g/mol. The molecule has 0 saturated heterocycles. The first kappa shape index (κ1) is 28.9. The van der Waals surface area contributed by atoms with E-state index >= 15 is 0 Å². The van der Waals surface area contributed by atoms with E-state index in [4.69, 9.17) is 0 Å². The van der Waals surface area contributed by atoms with Crippen molar-refractivity contribution in [2.45, 2.75) is 121 Å². The van der Waals surface area contributed by atoms with E-state index < -0.39 is 10.1 Å². The van der Waals surface area contributed by atoms with Gasteiger partial charge in [0, 0.05) is 0 Å². The van der Waals surface area contributed by atoms with Gasteiger partial charge in [-0.3, -0.25) is 4.55 Å². The lowest BCUT2D eigenvalue weighted by Crippen LogP contribution is -2.03. The number of unbranched alkanes of at least 4 members (excludes halogenated alkanes) is 15. The predicted molar refractivity (Wildman–Crippen MR) is 128 cm³/mol. The van der Waals surface area contributed by atoms with Gasteiger partial charge in [0.25, 0.3) is 10.1 Å². The summed E-state index contributed by atoms with van der Waals surface area (Å²) >= 11 is 0. The van der Waals surface area contributed by atoms with E-state index in [0.717, 1.165) is 18.4 Å². The van der Waals surface area contributed by atoms with Crippen molar-refractivity contribution in [3.63, 3.8) is 0 Å². The van der Waals surface area contributed by atoms with Gasteiger partial charge in [-0.2, -0.15) is 8.42 Å². The highest BCUT2D eigenvalue weighted by atomic mass is 32.2. The molecule has 3 nitrogen and oxygen atoms in total. The number of benzene rings is 1. The first-order valence-electron chi connectivity index (χ1n) is 11.6. The van der Waals surface area contributed by atoms with Crippen LogP contribution in [0.15, 0.2) is 29.2 Å². The van der Waals surface area contributed by atoms with Gasteiger partial charge >= 0.3 is 23.1 Å². The Morgan fingerprint density at radius 3 is 1.45 bits per heavy atom. The summed E-state index contributed by atoms with van der Waals surface area (Å²) in [6.07, 6.45) is 22.0. The third-order valence-corrected chi connectivity index (χ3v) is 6.50. The zero-order valence-corrected chi connectivity index (χ0v) is 18.8. The van der Waals surface area contributed by atoms with Crippen LogP contribution in [0.3, 0.4) is 0 Å². The summed E-state index contributed by atoms with van der Waals surface area (Å²) in [6, 6.07) is 6.77. The van der Waals surface area contributed by atoms with E-state index in [9.17, 15) is 13.0 Å². The van der Waals surface area contributed by atoms with Gasteiger partial charge in [-0.25, -0.2) is 0 Å². The van der Waals surface area contributed by atoms with Crippen molar-refractivity contribution < 1.29 is 13.0 Å². The normalized spacial score (nSPS) is 11.4. The molecule has 0 aliphatic heterocycles. The first-order chi connectivity index (χ1) is 13.6. The van der Waals surface area contributed by atoms with Crippen molar-refractivity contribution in [3.8, 4) is 0 Å². The second-order valence-corrected chi connectivity index (χ2v) is 9.53. The lowest BCUT2D eigenvalue weighted by atomic mass is 10.0. The van der Waals surface area contributed by atoms with E-state index in [-0.39, 0.29) is 27.9 Å². The Kier molecular flexibility index (Phi) is 18.6. The zero-order valence-electron chi connectivity index (χ0n) is 18.0. The predicted octanol–water partition coefficient (Wildman–Crippen LogP) is 6.82. The monoisotopic (exact) mass is 436 g/mol. The molecule has 0 atom stereocenters. The molecule has 0 saturated carbocycles. The molecule has 0 spiro atoms. The number of hydrogen-bond acceptors (Lipinski definition) is 2. The lowest BCUT2D eigenvalue weighted by Gasteiger charge is -2.07. The number of aryl methyl sites for hydroxylation is 1. The molecule has 0 fully saturated rings. The Labute approximate surface area is 196 Å². The van der Waals surface area contributed by atoms with Crippen LogP contribution in [0.1, 0.15) is 115 Å². The molecule has 1 rings (SSSR count). The van der Waals surface area contributed by atoms with Crippen LogP contribution in [0.4, 0.5) is 0 Å². The van der Waals surface area contributed by atoms with Gasteiger partial charge in [-0.15, -0.1) is 0 Å². The maximum atomic E-state index is 11.4.